The van der Waals surface area contributed by atoms with E-state index in [0.717, 1.165) is 12.3 Å². The quantitative estimate of drug-likeness (QED) is 0.571. The number of aromatic nitrogens is 2. The lowest BCUT2D eigenvalue weighted by Gasteiger charge is -2.25. The van der Waals surface area contributed by atoms with Gasteiger partial charge in [-0.25, -0.2) is 8.42 Å². The summed E-state index contributed by atoms with van der Waals surface area (Å²) in [5.41, 5.74) is 0.614. The Balaban J connectivity index is 1.66. The molecule has 1 aliphatic rings. The molecule has 0 N–H and O–H groups in total. The molecule has 154 valence electrons. The van der Waals surface area contributed by atoms with Crippen molar-refractivity contribution in [3.05, 3.63) is 24.3 Å². The van der Waals surface area contributed by atoms with Crippen LogP contribution >= 0.6 is 11.8 Å². The monoisotopic (exact) mass is 424 g/mol. The van der Waals surface area contributed by atoms with Crippen LogP contribution in [0.2, 0.25) is 0 Å². The second-order valence-electron chi connectivity index (χ2n) is 6.74. The second-order valence-corrected chi connectivity index (χ2v) is 9.73. The van der Waals surface area contributed by atoms with E-state index in [4.69, 9.17) is 4.42 Å². The molecule has 0 saturated carbocycles. The summed E-state index contributed by atoms with van der Waals surface area (Å²) in [6.07, 6.45) is 3.89. The molecule has 0 unspecified atom stereocenters. The average molecular weight is 425 g/mol. The summed E-state index contributed by atoms with van der Waals surface area (Å²) in [7, 11) is -3.52. The van der Waals surface area contributed by atoms with Crippen LogP contribution in [0.1, 0.15) is 33.1 Å². The van der Waals surface area contributed by atoms with Crippen LogP contribution in [0, 0.1) is 0 Å². The van der Waals surface area contributed by atoms with E-state index in [1.807, 2.05) is 13.8 Å². The molecule has 0 atom stereocenters. The second kappa shape index (κ2) is 9.87. The number of hydrogen-bond donors (Lipinski definition) is 0. The zero-order valence-electron chi connectivity index (χ0n) is 16.5. The van der Waals surface area contributed by atoms with E-state index in [1.165, 1.54) is 36.7 Å². The average Bonchev–Trinajstić information content (AvgIpc) is 3.19. The first kappa shape index (κ1) is 21.3. The Morgan fingerprint density at radius 1 is 1.14 bits per heavy atom. The molecule has 2 heterocycles. The zero-order chi connectivity index (χ0) is 20.0. The molecule has 1 aromatic carbocycles. The molecule has 0 bridgehead atoms. The van der Waals surface area contributed by atoms with E-state index in [2.05, 4.69) is 15.1 Å². The Morgan fingerprint density at radius 3 is 2.61 bits per heavy atom. The fourth-order valence-electron chi connectivity index (χ4n) is 3.33. The van der Waals surface area contributed by atoms with Crippen LogP contribution in [-0.4, -0.2) is 66.3 Å². The molecule has 3 rings (SSSR count). The van der Waals surface area contributed by atoms with Gasteiger partial charge in [0, 0.05) is 31.0 Å². The lowest BCUT2D eigenvalue weighted by atomic mass is 10.1. The predicted octanol–water partition coefficient (Wildman–Crippen LogP) is 3.35. The van der Waals surface area contributed by atoms with E-state index in [0.29, 0.717) is 29.8 Å². The Labute approximate surface area is 171 Å². The Bertz CT molecular complexity index is 860. The molecule has 1 aromatic heterocycles. The van der Waals surface area contributed by atoms with Crippen LogP contribution < -0.4 is 0 Å². The van der Waals surface area contributed by atoms with E-state index in [-0.39, 0.29) is 4.90 Å². The first-order chi connectivity index (χ1) is 13.5. The van der Waals surface area contributed by atoms with Crippen LogP contribution in [0.5, 0.6) is 0 Å². The molecule has 9 heteroatoms. The van der Waals surface area contributed by atoms with Crippen molar-refractivity contribution in [2.45, 2.75) is 43.2 Å². The summed E-state index contributed by atoms with van der Waals surface area (Å²) in [4.78, 5) is 2.71. The molecule has 7 nitrogen and oxygen atoms in total. The highest BCUT2D eigenvalue weighted by Crippen LogP contribution is 2.26. The maximum Gasteiger partial charge on any atom is 0.276 e. The number of benzene rings is 1. The first-order valence-electron chi connectivity index (χ1n) is 9.84. The normalized spacial score (nSPS) is 16.0. The van der Waals surface area contributed by atoms with Crippen LogP contribution in [0.4, 0.5) is 0 Å². The molecule has 0 amide bonds. The van der Waals surface area contributed by atoms with Crippen molar-refractivity contribution in [1.29, 1.82) is 0 Å². The highest BCUT2D eigenvalue weighted by molar-refractivity contribution is 7.99. The van der Waals surface area contributed by atoms with Crippen LogP contribution in [0.15, 0.2) is 38.8 Å². The van der Waals surface area contributed by atoms with E-state index < -0.39 is 10.0 Å². The lowest BCUT2D eigenvalue weighted by molar-refractivity contribution is 0.242. The molecule has 28 heavy (non-hydrogen) atoms. The highest BCUT2D eigenvalue weighted by atomic mass is 32.2. The largest absolute Gasteiger partial charge is 0.411 e. The molecular weight excluding hydrogens is 396 g/mol. The van der Waals surface area contributed by atoms with Crippen LogP contribution in [0.3, 0.4) is 0 Å². The van der Waals surface area contributed by atoms with Crippen molar-refractivity contribution >= 4 is 21.8 Å². The van der Waals surface area contributed by atoms with Crippen molar-refractivity contribution in [3.63, 3.8) is 0 Å². The maximum atomic E-state index is 12.7. The van der Waals surface area contributed by atoms with Crippen LogP contribution in [0.25, 0.3) is 11.5 Å². The van der Waals surface area contributed by atoms with E-state index >= 15 is 0 Å². The fraction of sp³-hybridized carbons (Fsp3) is 0.579. The summed E-state index contributed by atoms with van der Waals surface area (Å²) in [5, 5.41) is 8.72. The number of rotatable bonds is 9. The minimum atomic E-state index is -3.52. The smallest absolute Gasteiger partial charge is 0.276 e. The number of piperidine rings is 1. The number of nitrogens with zero attached hydrogens (tertiary/aromatic N) is 4. The third-order valence-electron chi connectivity index (χ3n) is 4.91. The summed E-state index contributed by atoms with van der Waals surface area (Å²) >= 11 is 1.54. The van der Waals surface area contributed by atoms with Gasteiger partial charge in [-0.05, 0) is 44.1 Å². The van der Waals surface area contributed by atoms with Gasteiger partial charge in [-0.3, -0.25) is 0 Å². The minimum absolute atomic E-state index is 0.242. The zero-order valence-corrected chi connectivity index (χ0v) is 18.1. The first-order valence-corrected chi connectivity index (χ1v) is 12.3. The van der Waals surface area contributed by atoms with Crippen LogP contribution in [-0.2, 0) is 10.0 Å². The van der Waals surface area contributed by atoms with E-state index in [1.54, 1.807) is 36.0 Å². The van der Waals surface area contributed by atoms with Gasteiger partial charge >= 0.3 is 0 Å². The number of thioether (sulfide) groups is 1. The van der Waals surface area contributed by atoms with Gasteiger partial charge in [0.15, 0.2) is 0 Å². The highest BCUT2D eigenvalue weighted by Gasteiger charge is 2.22. The lowest BCUT2D eigenvalue weighted by Crippen LogP contribution is -2.31. The van der Waals surface area contributed by atoms with Gasteiger partial charge < -0.3 is 9.32 Å². The molecule has 1 aliphatic heterocycles. The van der Waals surface area contributed by atoms with Gasteiger partial charge in [-0.1, -0.05) is 38.1 Å². The Hall–Kier alpha value is -1.42. The van der Waals surface area contributed by atoms with Gasteiger partial charge in [0.05, 0.1) is 4.90 Å². The Kier molecular flexibility index (Phi) is 7.50. The SMILES string of the molecule is CCN(CC)S(=O)(=O)c1cccc(-c2nnc(SCCN3CCCCC3)o2)c1. The van der Waals surface area contributed by atoms with Gasteiger partial charge in [0.25, 0.3) is 5.22 Å². The summed E-state index contributed by atoms with van der Waals surface area (Å²) in [5.74, 6) is 1.25. The maximum absolute atomic E-state index is 12.7. The summed E-state index contributed by atoms with van der Waals surface area (Å²) < 4.78 is 32.6. The minimum Gasteiger partial charge on any atom is -0.411 e. The molecule has 2 aromatic rings. The number of sulfonamides is 1. The third-order valence-corrected chi connectivity index (χ3v) is 7.76. The van der Waals surface area contributed by atoms with Crippen molar-refractivity contribution in [2.75, 3.05) is 38.5 Å². The van der Waals surface area contributed by atoms with Gasteiger partial charge in [-0.15, -0.1) is 10.2 Å². The fourth-order valence-corrected chi connectivity index (χ4v) is 5.60. The van der Waals surface area contributed by atoms with E-state index in [9.17, 15) is 8.42 Å². The standard InChI is InChI=1S/C19H28N4O3S2/c1-3-23(4-2)28(24,25)17-10-8-9-16(15-17)18-20-21-19(26-18)27-14-13-22-11-6-5-7-12-22/h8-10,15H,3-7,11-14H2,1-2H3. The van der Waals surface area contributed by atoms with Gasteiger partial charge in [0.2, 0.25) is 15.9 Å². The van der Waals surface area contributed by atoms with Crippen molar-refractivity contribution in [2.24, 2.45) is 0 Å². The molecule has 1 fully saturated rings. The van der Waals surface area contributed by atoms with Crippen molar-refractivity contribution in [3.8, 4) is 11.5 Å². The topological polar surface area (TPSA) is 79.5 Å². The molecule has 0 aliphatic carbocycles. The Morgan fingerprint density at radius 2 is 1.89 bits per heavy atom. The third kappa shape index (κ3) is 5.14. The molecule has 1 saturated heterocycles. The molecule has 0 radical (unpaired) electrons. The summed E-state index contributed by atoms with van der Waals surface area (Å²) in [6.45, 7) is 7.88. The van der Waals surface area contributed by atoms with Gasteiger partial charge in [-0.2, -0.15) is 4.31 Å². The molecular formula is C19H28N4O3S2. The summed E-state index contributed by atoms with van der Waals surface area (Å²) in [6, 6.07) is 6.70. The number of hydrogen-bond acceptors (Lipinski definition) is 7. The molecule has 0 spiro atoms. The van der Waals surface area contributed by atoms with Crippen molar-refractivity contribution < 1.29 is 12.8 Å². The van der Waals surface area contributed by atoms with Crippen molar-refractivity contribution in [1.82, 2.24) is 19.4 Å². The van der Waals surface area contributed by atoms with Gasteiger partial charge in [0.1, 0.15) is 0 Å². The predicted molar refractivity (Wildman–Crippen MR) is 111 cm³/mol. The number of likely N-dealkylation sites (tertiary alicyclic amines) is 1.